The number of aromatic nitrogens is 4. The SMILES string of the molecule is Cn1c(=O)c2c(ncn2CC(=O)N2CCC(N3C(=O)CNC3=O)CC2)n(C)c1=O. The number of imidazole rings is 1. The highest BCUT2D eigenvalue weighted by Crippen LogP contribution is 2.19. The average Bonchev–Trinajstić information content (AvgIpc) is 3.28. The van der Waals surface area contributed by atoms with E-state index in [1.54, 1.807) is 4.90 Å². The summed E-state index contributed by atoms with van der Waals surface area (Å²) >= 11 is 0. The quantitative estimate of drug-likeness (QED) is 0.589. The van der Waals surface area contributed by atoms with Gasteiger partial charge in [-0.25, -0.2) is 14.6 Å². The molecule has 0 bridgehead atoms. The highest BCUT2D eigenvalue weighted by molar-refractivity contribution is 6.02. The topological polar surface area (TPSA) is 132 Å². The van der Waals surface area contributed by atoms with Crippen molar-refractivity contribution in [2.24, 2.45) is 14.1 Å². The van der Waals surface area contributed by atoms with Crippen LogP contribution in [0.1, 0.15) is 12.8 Å². The molecule has 4 heterocycles. The van der Waals surface area contributed by atoms with Gasteiger partial charge in [-0.1, -0.05) is 0 Å². The number of carbonyl (C=O) groups excluding carboxylic acids is 3. The van der Waals surface area contributed by atoms with Crippen molar-refractivity contribution in [2.45, 2.75) is 25.4 Å². The Hall–Kier alpha value is -3.44. The normalized spacial score (nSPS) is 18.0. The van der Waals surface area contributed by atoms with E-state index in [1.165, 1.54) is 34.5 Å². The van der Waals surface area contributed by atoms with Crippen molar-refractivity contribution in [3.05, 3.63) is 27.2 Å². The van der Waals surface area contributed by atoms with Gasteiger partial charge in [0.2, 0.25) is 11.8 Å². The molecule has 0 unspecified atom stereocenters. The Kier molecular flexibility index (Phi) is 4.47. The predicted octanol–water partition coefficient (Wildman–Crippen LogP) is -2.02. The number of piperidine rings is 1. The molecule has 1 N–H and O–H groups in total. The van der Waals surface area contributed by atoms with Gasteiger partial charge in [-0.3, -0.25) is 28.4 Å². The lowest BCUT2D eigenvalue weighted by atomic mass is 10.0. The molecule has 0 saturated carbocycles. The van der Waals surface area contributed by atoms with Crippen molar-refractivity contribution < 1.29 is 14.4 Å². The lowest BCUT2D eigenvalue weighted by Crippen LogP contribution is -2.49. The van der Waals surface area contributed by atoms with Crippen LogP contribution >= 0.6 is 0 Å². The third-order valence-corrected chi connectivity index (χ3v) is 5.58. The molecular formula is C17H21N7O5. The zero-order valence-corrected chi connectivity index (χ0v) is 16.1. The zero-order chi connectivity index (χ0) is 20.9. The first kappa shape index (κ1) is 18.9. The standard InChI is InChI=1S/C17H21N7O5/c1-20-14-13(15(27)21(2)17(20)29)23(9-19-14)8-12(26)22-5-3-10(4-6-22)24-11(25)7-18-16(24)28/h9-10H,3-8H2,1-2H3,(H,18,28). The molecule has 2 aromatic heterocycles. The number of aryl methyl sites for hydroxylation is 1. The molecule has 29 heavy (non-hydrogen) atoms. The van der Waals surface area contributed by atoms with E-state index in [0.717, 1.165) is 4.57 Å². The Balaban J connectivity index is 1.49. The second kappa shape index (κ2) is 6.87. The number of nitrogens with one attached hydrogen (secondary N) is 1. The largest absolute Gasteiger partial charge is 0.341 e. The average molecular weight is 403 g/mol. The minimum Gasteiger partial charge on any atom is -0.341 e. The molecule has 2 aromatic rings. The second-order valence-electron chi connectivity index (χ2n) is 7.28. The van der Waals surface area contributed by atoms with Crippen molar-refractivity contribution in [2.75, 3.05) is 19.6 Å². The van der Waals surface area contributed by atoms with Crippen LogP contribution in [0, 0.1) is 0 Å². The minimum atomic E-state index is -0.509. The highest BCUT2D eigenvalue weighted by atomic mass is 16.2. The van der Waals surface area contributed by atoms with Gasteiger partial charge >= 0.3 is 11.7 Å². The first-order chi connectivity index (χ1) is 13.8. The van der Waals surface area contributed by atoms with Crippen molar-refractivity contribution in [1.82, 2.24) is 33.8 Å². The van der Waals surface area contributed by atoms with Gasteiger partial charge in [0, 0.05) is 33.2 Å². The summed E-state index contributed by atoms with van der Waals surface area (Å²) in [4.78, 5) is 67.9. The van der Waals surface area contributed by atoms with E-state index in [-0.39, 0.29) is 48.1 Å². The van der Waals surface area contributed by atoms with Crippen LogP contribution in [0.5, 0.6) is 0 Å². The Bertz CT molecular complexity index is 1120. The van der Waals surface area contributed by atoms with Crippen molar-refractivity contribution in [3.8, 4) is 0 Å². The van der Waals surface area contributed by atoms with Crippen LogP contribution < -0.4 is 16.6 Å². The predicted molar refractivity (Wildman–Crippen MR) is 100 cm³/mol. The van der Waals surface area contributed by atoms with Gasteiger partial charge in [-0.15, -0.1) is 0 Å². The molecule has 0 aliphatic carbocycles. The second-order valence-corrected chi connectivity index (χ2v) is 7.28. The Morgan fingerprint density at radius 2 is 1.83 bits per heavy atom. The molecule has 2 aliphatic rings. The van der Waals surface area contributed by atoms with Gasteiger partial charge in [-0.2, -0.15) is 0 Å². The summed E-state index contributed by atoms with van der Waals surface area (Å²) in [6.07, 6.45) is 2.39. The summed E-state index contributed by atoms with van der Waals surface area (Å²) in [7, 11) is 2.90. The Morgan fingerprint density at radius 3 is 2.45 bits per heavy atom. The van der Waals surface area contributed by atoms with E-state index in [4.69, 9.17) is 0 Å². The molecule has 12 nitrogen and oxygen atoms in total. The number of imide groups is 1. The smallest absolute Gasteiger partial charge is 0.332 e. The lowest BCUT2D eigenvalue weighted by Gasteiger charge is -2.35. The monoisotopic (exact) mass is 403 g/mol. The molecule has 0 radical (unpaired) electrons. The number of hydrogen-bond acceptors (Lipinski definition) is 6. The molecule has 0 atom stereocenters. The van der Waals surface area contributed by atoms with Crippen LogP contribution in [0.2, 0.25) is 0 Å². The summed E-state index contributed by atoms with van der Waals surface area (Å²) in [5.41, 5.74) is -0.576. The maximum Gasteiger partial charge on any atom is 0.332 e. The van der Waals surface area contributed by atoms with Gasteiger partial charge in [0.05, 0.1) is 12.9 Å². The number of likely N-dealkylation sites (tertiary alicyclic amines) is 1. The van der Waals surface area contributed by atoms with Crippen molar-refractivity contribution in [1.29, 1.82) is 0 Å². The van der Waals surface area contributed by atoms with Gasteiger partial charge in [0.15, 0.2) is 11.2 Å². The number of rotatable bonds is 3. The zero-order valence-electron chi connectivity index (χ0n) is 16.1. The van der Waals surface area contributed by atoms with Gasteiger partial charge in [-0.05, 0) is 12.8 Å². The van der Waals surface area contributed by atoms with Crippen molar-refractivity contribution >= 4 is 29.0 Å². The van der Waals surface area contributed by atoms with E-state index in [2.05, 4.69) is 10.3 Å². The fourth-order valence-electron chi connectivity index (χ4n) is 3.94. The number of carbonyl (C=O) groups is 3. The molecule has 4 amide bonds. The molecule has 0 aromatic carbocycles. The van der Waals surface area contributed by atoms with E-state index in [0.29, 0.717) is 25.9 Å². The molecule has 154 valence electrons. The highest BCUT2D eigenvalue weighted by Gasteiger charge is 2.37. The first-order valence-electron chi connectivity index (χ1n) is 9.28. The van der Waals surface area contributed by atoms with E-state index >= 15 is 0 Å². The van der Waals surface area contributed by atoms with Crippen LogP contribution in [-0.2, 0) is 30.2 Å². The summed E-state index contributed by atoms with van der Waals surface area (Å²) in [6, 6.07) is -0.601. The van der Waals surface area contributed by atoms with Crippen LogP contribution in [0.25, 0.3) is 11.2 Å². The first-order valence-corrected chi connectivity index (χ1v) is 9.28. The van der Waals surface area contributed by atoms with Gasteiger partial charge in [0.25, 0.3) is 5.56 Å². The van der Waals surface area contributed by atoms with Crippen molar-refractivity contribution in [3.63, 3.8) is 0 Å². The number of hydrogen-bond donors (Lipinski definition) is 1. The van der Waals surface area contributed by atoms with Crippen LogP contribution in [0.4, 0.5) is 4.79 Å². The van der Waals surface area contributed by atoms with Gasteiger partial charge in [0.1, 0.15) is 6.54 Å². The van der Waals surface area contributed by atoms with Crippen LogP contribution in [-0.4, -0.2) is 72.0 Å². The maximum atomic E-state index is 12.8. The third kappa shape index (κ3) is 3.00. The summed E-state index contributed by atoms with van der Waals surface area (Å²) in [6.45, 7) is 0.744. The van der Waals surface area contributed by atoms with Gasteiger partial charge < -0.3 is 14.8 Å². The van der Waals surface area contributed by atoms with E-state index in [1.807, 2.05) is 0 Å². The Labute approximate surface area is 164 Å². The Morgan fingerprint density at radius 1 is 1.14 bits per heavy atom. The van der Waals surface area contributed by atoms with E-state index < -0.39 is 11.2 Å². The van der Waals surface area contributed by atoms with Crippen LogP contribution in [0.15, 0.2) is 15.9 Å². The molecule has 12 heteroatoms. The number of nitrogens with zero attached hydrogens (tertiary/aromatic N) is 6. The fraction of sp³-hybridized carbons (Fsp3) is 0.529. The summed E-state index contributed by atoms with van der Waals surface area (Å²) in [5, 5.41) is 2.51. The number of amides is 4. The fourth-order valence-corrected chi connectivity index (χ4v) is 3.94. The number of urea groups is 1. The summed E-state index contributed by atoms with van der Waals surface area (Å²) in [5.74, 6) is -0.443. The maximum absolute atomic E-state index is 12.8. The molecule has 2 fully saturated rings. The molecule has 4 rings (SSSR count). The van der Waals surface area contributed by atoms with Crippen LogP contribution in [0.3, 0.4) is 0 Å². The number of fused-ring (bicyclic) bond motifs is 1. The van der Waals surface area contributed by atoms with E-state index in [9.17, 15) is 24.0 Å². The molecular weight excluding hydrogens is 382 g/mol. The molecule has 2 saturated heterocycles. The molecule has 2 aliphatic heterocycles. The minimum absolute atomic E-state index is 0.0170. The lowest BCUT2D eigenvalue weighted by molar-refractivity contribution is -0.133. The third-order valence-electron chi connectivity index (χ3n) is 5.58. The molecule has 0 spiro atoms. The summed E-state index contributed by atoms with van der Waals surface area (Å²) < 4.78 is 3.69.